The smallest absolute Gasteiger partial charge is 0.00415 e. The highest BCUT2D eigenvalue weighted by Crippen LogP contribution is 2.78. The van der Waals surface area contributed by atoms with E-state index in [0.717, 1.165) is 5.92 Å². The maximum absolute atomic E-state index is 2.59. The van der Waals surface area contributed by atoms with Crippen LogP contribution in [0.1, 0.15) is 55.9 Å². The molecular weight excluding hydrogens is 372 g/mol. The van der Waals surface area contributed by atoms with Gasteiger partial charge in [-0.2, -0.15) is 0 Å². The first-order valence-electron chi connectivity index (χ1n) is 11.9. The molecule has 2 atom stereocenters. The maximum Gasteiger partial charge on any atom is 0.00415 e. The molecule has 2 bridgehead atoms. The Kier molecular flexibility index (Phi) is 3.98. The fraction of sp³-hybridized carbons (Fsp3) is 0.355. The predicted octanol–water partition coefficient (Wildman–Crippen LogP) is 7.73. The lowest BCUT2D eigenvalue weighted by Gasteiger charge is -2.42. The van der Waals surface area contributed by atoms with Crippen molar-refractivity contribution in [2.45, 2.75) is 46.5 Å². The minimum Gasteiger partial charge on any atom is -0.0622 e. The summed E-state index contributed by atoms with van der Waals surface area (Å²) in [5.74, 6) is 0.731. The third-order valence-electron chi connectivity index (χ3n) is 9.45. The number of rotatable bonds is 2. The van der Waals surface area contributed by atoms with Crippen LogP contribution >= 0.6 is 0 Å². The van der Waals surface area contributed by atoms with Crippen molar-refractivity contribution >= 4 is 5.57 Å². The van der Waals surface area contributed by atoms with Crippen molar-refractivity contribution in [3.05, 3.63) is 113 Å². The standard InChI is InChI=1S/C31H32/c1-29(2)26-18-19-30(29,3)28(31(26)20-24-16-10-11-17-25(24)21-31)27(22-12-6-4-7-13-22)23-14-8-5-9-15-23/h4-17,26H,18-21H2,1-3H3. The van der Waals surface area contributed by atoms with Crippen LogP contribution in [0.4, 0.5) is 0 Å². The zero-order valence-electron chi connectivity index (χ0n) is 19.0. The Labute approximate surface area is 187 Å². The van der Waals surface area contributed by atoms with E-state index in [1.165, 1.54) is 42.4 Å². The van der Waals surface area contributed by atoms with Gasteiger partial charge in [0, 0.05) is 5.41 Å². The van der Waals surface area contributed by atoms with Gasteiger partial charge in [-0.25, -0.2) is 0 Å². The van der Waals surface area contributed by atoms with Crippen molar-refractivity contribution in [3.63, 3.8) is 0 Å². The summed E-state index contributed by atoms with van der Waals surface area (Å²) in [6.07, 6.45) is 5.07. The molecule has 0 aromatic heterocycles. The summed E-state index contributed by atoms with van der Waals surface area (Å²) in [5.41, 5.74) is 9.93. The molecule has 1 spiro atoms. The zero-order valence-corrected chi connectivity index (χ0v) is 19.0. The molecule has 3 aliphatic carbocycles. The van der Waals surface area contributed by atoms with Crippen LogP contribution in [0.2, 0.25) is 0 Å². The molecule has 0 heterocycles. The van der Waals surface area contributed by atoms with E-state index in [-0.39, 0.29) is 10.8 Å². The highest BCUT2D eigenvalue weighted by molar-refractivity contribution is 5.85. The van der Waals surface area contributed by atoms with Crippen LogP contribution < -0.4 is 0 Å². The fourth-order valence-corrected chi connectivity index (χ4v) is 7.90. The summed E-state index contributed by atoms with van der Waals surface area (Å²) in [6, 6.07) is 31.6. The number of allylic oxidation sites excluding steroid dienone is 1. The second-order valence-electron chi connectivity index (χ2n) is 10.9. The number of hydrogen-bond acceptors (Lipinski definition) is 0. The summed E-state index contributed by atoms with van der Waals surface area (Å²) < 4.78 is 0. The summed E-state index contributed by atoms with van der Waals surface area (Å²) in [7, 11) is 0. The van der Waals surface area contributed by atoms with Gasteiger partial charge in [-0.3, -0.25) is 0 Å². The van der Waals surface area contributed by atoms with Crippen LogP contribution in [0.25, 0.3) is 5.57 Å². The van der Waals surface area contributed by atoms with Gasteiger partial charge in [-0.1, -0.05) is 106 Å². The molecule has 0 aliphatic heterocycles. The zero-order chi connectivity index (χ0) is 21.3. The second-order valence-corrected chi connectivity index (χ2v) is 10.9. The highest BCUT2D eigenvalue weighted by Gasteiger charge is 2.71. The topological polar surface area (TPSA) is 0 Å². The molecule has 3 aliphatic rings. The lowest BCUT2D eigenvalue weighted by Crippen LogP contribution is -2.34. The quantitative estimate of drug-likeness (QED) is 0.410. The molecule has 0 amide bonds. The molecule has 3 aromatic carbocycles. The Morgan fingerprint density at radius 2 is 1.16 bits per heavy atom. The normalized spacial score (nSPS) is 26.9. The molecule has 2 fully saturated rings. The average molecular weight is 405 g/mol. The Bertz CT molecular complexity index is 1100. The van der Waals surface area contributed by atoms with E-state index < -0.39 is 0 Å². The molecule has 31 heavy (non-hydrogen) atoms. The minimum absolute atomic E-state index is 0.223. The molecule has 2 saturated carbocycles. The molecule has 2 unspecified atom stereocenters. The van der Waals surface area contributed by atoms with Gasteiger partial charge in [0.1, 0.15) is 0 Å². The van der Waals surface area contributed by atoms with Crippen molar-refractivity contribution in [1.29, 1.82) is 0 Å². The van der Waals surface area contributed by atoms with Gasteiger partial charge in [-0.05, 0) is 75.8 Å². The van der Waals surface area contributed by atoms with Crippen molar-refractivity contribution in [2.75, 3.05) is 0 Å². The lowest BCUT2D eigenvalue weighted by molar-refractivity contribution is 0.142. The van der Waals surface area contributed by atoms with Gasteiger partial charge in [0.25, 0.3) is 0 Å². The predicted molar refractivity (Wildman–Crippen MR) is 130 cm³/mol. The Morgan fingerprint density at radius 3 is 1.68 bits per heavy atom. The van der Waals surface area contributed by atoms with Gasteiger partial charge in [0.15, 0.2) is 0 Å². The van der Waals surface area contributed by atoms with E-state index in [9.17, 15) is 0 Å². The first kappa shape index (κ1) is 19.1. The van der Waals surface area contributed by atoms with Gasteiger partial charge < -0.3 is 0 Å². The van der Waals surface area contributed by atoms with Crippen molar-refractivity contribution in [2.24, 2.45) is 22.2 Å². The van der Waals surface area contributed by atoms with Crippen LogP contribution in [-0.4, -0.2) is 0 Å². The number of hydrogen-bond donors (Lipinski definition) is 0. The SMILES string of the molecule is CC12CCC(C3(Cc4ccccc4C3)C1=C(c1ccccc1)c1ccccc1)C2(C)C. The molecule has 0 heteroatoms. The lowest BCUT2D eigenvalue weighted by atomic mass is 9.61. The van der Waals surface area contributed by atoms with E-state index in [4.69, 9.17) is 0 Å². The fourth-order valence-electron chi connectivity index (χ4n) is 7.90. The van der Waals surface area contributed by atoms with Crippen LogP contribution in [0, 0.1) is 22.2 Å². The van der Waals surface area contributed by atoms with Crippen molar-refractivity contribution in [1.82, 2.24) is 0 Å². The number of benzene rings is 3. The Balaban J connectivity index is 1.70. The molecule has 0 saturated heterocycles. The van der Waals surface area contributed by atoms with E-state index >= 15 is 0 Å². The van der Waals surface area contributed by atoms with Gasteiger partial charge in [-0.15, -0.1) is 0 Å². The molecule has 3 aromatic rings. The second kappa shape index (κ2) is 6.45. The summed E-state index contributed by atoms with van der Waals surface area (Å²) in [5, 5.41) is 0. The van der Waals surface area contributed by atoms with Gasteiger partial charge >= 0.3 is 0 Å². The summed E-state index contributed by atoms with van der Waals surface area (Å²) >= 11 is 0. The molecule has 0 nitrogen and oxygen atoms in total. The van der Waals surface area contributed by atoms with E-state index in [2.05, 4.69) is 106 Å². The molecule has 6 rings (SSSR count). The number of fused-ring (bicyclic) bond motifs is 4. The monoisotopic (exact) mass is 404 g/mol. The van der Waals surface area contributed by atoms with Crippen LogP contribution in [-0.2, 0) is 12.8 Å². The molecule has 0 radical (unpaired) electrons. The summed E-state index contributed by atoms with van der Waals surface area (Å²) in [6.45, 7) is 7.72. The summed E-state index contributed by atoms with van der Waals surface area (Å²) in [4.78, 5) is 0. The first-order chi connectivity index (χ1) is 15.0. The minimum atomic E-state index is 0.223. The van der Waals surface area contributed by atoms with Crippen molar-refractivity contribution < 1.29 is 0 Å². The van der Waals surface area contributed by atoms with Gasteiger partial charge in [0.05, 0.1) is 0 Å². The molecule has 156 valence electrons. The van der Waals surface area contributed by atoms with E-state index in [0.29, 0.717) is 5.41 Å². The molecular formula is C31H32. The third-order valence-corrected chi connectivity index (χ3v) is 9.45. The molecule has 0 N–H and O–H groups in total. The van der Waals surface area contributed by atoms with Crippen molar-refractivity contribution in [3.8, 4) is 0 Å². The average Bonchev–Trinajstić information content (AvgIpc) is 3.31. The van der Waals surface area contributed by atoms with Crippen LogP contribution in [0.15, 0.2) is 90.5 Å². The Morgan fingerprint density at radius 1 is 0.677 bits per heavy atom. The maximum atomic E-state index is 2.59. The van der Waals surface area contributed by atoms with Gasteiger partial charge in [0.2, 0.25) is 0 Å². The van der Waals surface area contributed by atoms with Crippen LogP contribution in [0.3, 0.4) is 0 Å². The van der Waals surface area contributed by atoms with E-state index in [1.54, 1.807) is 16.7 Å². The largest absolute Gasteiger partial charge is 0.0622 e. The third kappa shape index (κ3) is 2.42. The Hall–Kier alpha value is -2.60. The highest BCUT2D eigenvalue weighted by atomic mass is 14.7. The van der Waals surface area contributed by atoms with Crippen LogP contribution in [0.5, 0.6) is 0 Å². The van der Waals surface area contributed by atoms with E-state index in [1.807, 2.05) is 0 Å². The first-order valence-corrected chi connectivity index (χ1v) is 11.9.